The van der Waals surface area contributed by atoms with Gasteiger partial charge in [-0.1, -0.05) is 23.7 Å². The van der Waals surface area contributed by atoms with Gasteiger partial charge in [0.2, 0.25) is 0 Å². The van der Waals surface area contributed by atoms with Crippen LogP contribution < -0.4 is 5.73 Å². The summed E-state index contributed by atoms with van der Waals surface area (Å²) in [5, 5.41) is 9.91. The van der Waals surface area contributed by atoms with Crippen LogP contribution >= 0.6 is 27.5 Å². The van der Waals surface area contributed by atoms with E-state index in [0.29, 0.717) is 5.02 Å². The molecule has 0 saturated heterocycles. The molecule has 0 spiro atoms. The first-order chi connectivity index (χ1) is 6.04. The molecule has 1 unspecified atom stereocenters. The molecule has 0 saturated carbocycles. The Hall–Kier alpha value is -0.0900. The average Bonchev–Trinajstić information content (AvgIpc) is 2.08. The lowest BCUT2D eigenvalue weighted by Gasteiger charge is -2.16. The van der Waals surface area contributed by atoms with Crippen molar-refractivity contribution in [2.45, 2.75) is 19.1 Å². The van der Waals surface area contributed by atoms with Gasteiger partial charge in [0.1, 0.15) is 0 Å². The van der Waals surface area contributed by atoms with Gasteiger partial charge in [-0.15, -0.1) is 0 Å². The fourth-order valence-corrected chi connectivity index (χ4v) is 1.75. The second kappa shape index (κ2) is 4.42. The van der Waals surface area contributed by atoms with Crippen LogP contribution in [0.4, 0.5) is 0 Å². The molecule has 1 rings (SSSR count). The van der Waals surface area contributed by atoms with Gasteiger partial charge < -0.3 is 10.8 Å². The van der Waals surface area contributed by atoms with Crippen molar-refractivity contribution < 1.29 is 5.11 Å². The van der Waals surface area contributed by atoms with Gasteiger partial charge in [0, 0.05) is 4.47 Å². The molecule has 0 amide bonds. The van der Waals surface area contributed by atoms with E-state index in [1.54, 1.807) is 13.0 Å². The van der Waals surface area contributed by atoms with Gasteiger partial charge in [-0.05, 0) is 34.5 Å². The Balaban J connectivity index is 3.07. The number of halogens is 2. The monoisotopic (exact) mass is 263 g/mol. The van der Waals surface area contributed by atoms with E-state index in [2.05, 4.69) is 15.9 Å². The standard InChI is InChI=1S/C9H11BrClNO/c1-5(13)9(12)6-3-2-4-7(11)8(6)10/h2-5,9,13H,12H2,1H3/t5?,9-/m0/s1. The first kappa shape index (κ1) is 11.0. The second-order valence-corrected chi connectivity index (χ2v) is 4.11. The number of aliphatic hydroxyl groups excluding tert-OH is 1. The number of benzene rings is 1. The maximum absolute atomic E-state index is 9.30. The molecule has 1 aromatic rings. The molecule has 0 aliphatic rings. The highest BCUT2D eigenvalue weighted by Crippen LogP contribution is 2.30. The summed E-state index contributed by atoms with van der Waals surface area (Å²) in [6.07, 6.45) is -0.588. The van der Waals surface area contributed by atoms with E-state index in [1.807, 2.05) is 12.1 Å². The van der Waals surface area contributed by atoms with E-state index in [9.17, 15) is 5.11 Å². The second-order valence-electron chi connectivity index (χ2n) is 2.91. The van der Waals surface area contributed by atoms with Crippen molar-refractivity contribution >= 4 is 27.5 Å². The summed E-state index contributed by atoms with van der Waals surface area (Å²) in [5.74, 6) is 0. The number of hydrogen-bond donors (Lipinski definition) is 2. The number of nitrogens with two attached hydrogens (primary N) is 1. The fourth-order valence-electron chi connectivity index (χ4n) is 1.04. The molecule has 0 aliphatic carbocycles. The molecule has 0 bridgehead atoms. The first-order valence-corrected chi connectivity index (χ1v) is 5.08. The smallest absolute Gasteiger partial charge is 0.0705 e. The van der Waals surface area contributed by atoms with E-state index in [0.717, 1.165) is 10.0 Å². The Kier molecular flexibility index (Phi) is 3.74. The highest BCUT2D eigenvalue weighted by atomic mass is 79.9. The molecule has 3 N–H and O–H groups in total. The number of rotatable bonds is 2. The van der Waals surface area contributed by atoms with E-state index in [1.165, 1.54) is 0 Å². The lowest BCUT2D eigenvalue weighted by Crippen LogP contribution is -2.23. The van der Waals surface area contributed by atoms with Gasteiger partial charge in [0.05, 0.1) is 17.2 Å². The van der Waals surface area contributed by atoms with E-state index >= 15 is 0 Å². The van der Waals surface area contributed by atoms with Crippen LogP contribution in [0.25, 0.3) is 0 Å². The Morgan fingerprint density at radius 2 is 2.15 bits per heavy atom. The molecule has 2 atom stereocenters. The maximum atomic E-state index is 9.30. The van der Waals surface area contributed by atoms with Crippen molar-refractivity contribution in [3.63, 3.8) is 0 Å². The van der Waals surface area contributed by atoms with Gasteiger partial charge in [-0.2, -0.15) is 0 Å². The highest BCUT2D eigenvalue weighted by Gasteiger charge is 2.15. The zero-order chi connectivity index (χ0) is 10.0. The molecule has 72 valence electrons. The zero-order valence-electron chi connectivity index (χ0n) is 7.17. The minimum absolute atomic E-state index is 0.409. The summed E-state index contributed by atoms with van der Waals surface area (Å²) in [6.45, 7) is 1.65. The molecule has 4 heteroatoms. The minimum atomic E-state index is -0.588. The van der Waals surface area contributed by atoms with E-state index in [-0.39, 0.29) is 0 Å². The third-order valence-electron chi connectivity index (χ3n) is 1.86. The van der Waals surface area contributed by atoms with Crippen LogP contribution in [0.3, 0.4) is 0 Å². The van der Waals surface area contributed by atoms with Gasteiger partial charge in [0.15, 0.2) is 0 Å². The van der Waals surface area contributed by atoms with Gasteiger partial charge in [-0.3, -0.25) is 0 Å². The highest BCUT2D eigenvalue weighted by molar-refractivity contribution is 9.10. The summed E-state index contributed by atoms with van der Waals surface area (Å²) in [6, 6.07) is 5.01. The average molecular weight is 265 g/mol. The molecule has 0 aliphatic heterocycles. The van der Waals surface area contributed by atoms with Crippen molar-refractivity contribution in [3.8, 4) is 0 Å². The predicted molar refractivity (Wildman–Crippen MR) is 57.8 cm³/mol. The topological polar surface area (TPSA) is 46.2 Å². The van der Waals surface area contributed by atoms with Gasteiger partial charge >= 0.3 is 0 Å². The molecular formula is C9H11BrClNO. The number of aliphatic hydroxyl groups is 1. The molecule has 2 nitrogen and oxygen atoms in total. The fraction of sp³-hybridized carbons (Fsp3) is 0.333. The summed E-state index contributed by atoms with van der Waals surface area (Å²) in [4.78, 5) is 0. The van der Waals surface area contributed by atoms with Crippen molar-refractivity contribution in [2.24, 2.45) is 5.73 Å². The van der Waals surface area contributed by atoms with Crippen molar-refractivity contribution in [3.05, 3.63) is 33.3 Å². The third-order valence-corrected chi connectivity index (χ3v) is 3.29. The van der Waals surface area contributed by atoms with Crippen molar-refractivity contribution in [2.75, 3.05) is 0 Å². The summed E-state index contributed by atoms with van der Waals surface area (Å²) in [7, 11) is 0. The summed E-state index contributed by atoms with van der Waals surface area (Å²) >= 11 is 9.20. The van der Waals surface area contributed by atoms with Crippen LogP contribution in [0.5, 0.6) is 0 Å². The molecule has 13 heavy (non-hydrogen) atoms. The third kappa shape index (κ3) is 2.44. The van der Waals surface area contributed by atoms with Crippen LogP contribution in [-0.2, 0) is 0 Å². The zero-order valence-corrected chi connectivity index (χ0v) is 9.51. The van der Waals surface area contributed by atoms with Gasteiger partial charge in [0.25, 0.3) is 0 Å². The quantitative estimate of drug-likeness (QED) is 0.862. The first-order valence-electron chi connectivity index (χ1n) is 3.91. The Bertz CT molecular complexity index is 304. The lowest BCUT2D eigenvalue weighted by atomic mass is 10.0. The van der Waals surface area contributed by atoms with Crippen LogP contribution in [0, 0.1) is 0 Å². The Morgan fingerprint density at radius 3 is 2.69 bits per heavy atom. The van der Waals surface area contributed by atoms with Crippen LogP contribution in [0.15, 0.2) is 22.7 Å². The molecule has 0 fully saturated rings. The Labute approximate surface area is 90.8 Å². The number of hydrogen-bond acceptors (Lipinski definition) is 2. The van der Waals surface area contributed by atoms with E-state index < -0.39 is 12.1 Å². The molecule has 0 radical (unpaired) electrons. The molecule has 0 heterocycles. The molecular weight excluding hydrogens is 253 g/mol. The van der Waals surface area contributed by atoms with Crippen LogP contribution in [0.2, 0.25) is 5.02 Å². The minimum Gasteiger partial charge on any atom is -0.391 e. The summed E-state index contributed by atoms with van der Waals surface area (Å²) in [5.41, 5.74) is 6.59. The predicted octanol–water partition coefficient (Wildman–Crippen LogP) is 2.48. The van der Waals surface area contributed by atoms with Crippen LogP contribution in [-0.4, -0.2) is 11.2 Å². The van der Waals surface area contributed by atoms with Crippen molar-refractivity contribution in [1.82, 2.24) is 0 Å². The SMILES string of the molecule is CC(O)[C@H](N)c1cccc(Cl)c1Br. The van der Waals surface area contributed by atoms with Crippen molar-refractivity contribution in [1.29, 1.82) is 0 Å². The van der Waals surface area contributed by atoms with Gasteiger partial charge in [-0.25, -0.2) is 0 Å². The largest absolute Gasteiger partial charge is 0.391 e. The summed E-state index contributed by atoms with van der Waals surface area (Å²) < 4.78 is 0.755. The Morgan fingerprint density at radius 1 is 1.54 bits per heavy atom. The molecule has 0 aromatic heterocycles. The molecule has 1 aromatic carbocycles. The van der Waals surface area contributed by atoms with E-state index in [4.69, 9.17) is 17.3 Å². The normalized spacial score (nSPS) is 15.5. The lowest BCUT2D eigenvalue weighted by molar-refractivity contribution is 0.164. The van der Waals surface area contributed by atoms with Crippen LogP contribution in [0.1, 0.15) is 18.5 Å². The maximum Gasteiger partial charge on any atom is 0.0705 e.